The zero-order valence-electron chi connectivity index (χ0n) is 16.7. The van der Waals surface area contributed by atoms with Crippen LogP contribution in [0, 0.1) is 0 Å². The second-order valence-corrected chi connectivity index (χ2v) is 10.2. The number of hydrogen-bond donors (Lipinski definition) is 1. The summed E-state index contributed by atoms with van der Waals surface area (Å²) in [4.78, 5) is 27.1. The van der Waals surface area contributed by atoms with Gasteiger partial charge in [0.05, 0.1) is 25.9 Å². The second kappa shape index (κ2) is 8.94. The Morgan fingerprint density at radius 2 is 1.66 bits per heavy atom. The summed E-state index contributed by atoms with van der Waals surface area (Å²) in [6.45, 7) is -0.354. The molecule has 0 radical (unpaired) electrons. The predicted octanol–water partition coefficient (Wildman–Crippen LogP) is 4.88. The first-order chi connectivity index (χ1) is 15.3. The van der Waals surface area contributed by atoms with E-state index in [1.165, 1.54) is 23.1 Å². The van der Waals surface area contributed by atoms with E-state index >= 15 is 0 Å². The molecule has 0 bridgehead atoms. The summed E-state index contributed by atoms with van der Waals surface area (Å²) >= 11 is 11.9. The maximum atomic E-state index is 13.5. The number of benzene rings is 3. The first kappa shape index (κ1) is 22.3. The van der Waals surface area contributed by atoms with Crippen LogP contribution in [0.2, 0.25) is 10.0 Å². The molecule has 164 valence electrons. The van der Waals surface area contributed by atoms with Crippen molar-refractivity contribution in [1.29, 1.82) is 0 Å². The summed E-state index contributed by atoms with van der Waals surface area (Å²) in [5.74, 6) is -0.959. The van der Waals surface area contributed by atoms with Crippen LogP contribution in [-0.2, 0) is 19.4 Å². The molecule has 0 fully saturated rings. The second-order valence-electron chi connectivity index (χ2n) is 7.27. The Labute approximate surface area is 195 Å². The number of nitrogens with one attached hydrogen (secondary N) is 1. The van der Waals surface area contributed by atoms with E-state index in [1.54, 1.807) is 54.6 Å². The Hall–Kier alpha value is -2.87. The fourth-order valence-electron chi connectivity index (χ4n) is 3.64. The minimum absolute atomic E-state index is 0.0158. The summed E-state index contributed by atoms with van der Waals surface area (Å²) in [7, 11) is -3.87. The highest BCUT2D eigenvalue weighted by Crippen LogP contribution is 2.40. The third kappa shape index (κ3) is 4.37. The van der Waals surface area contributed by atoms with Crippen LogP contribution in [0.25, 0.3) is 0 Å². The van der Waals surface area contributed by atoms with Crippen molar-refractivity contribution < 1.29 is 18.0 Å². The minimum atomic E-state index is -3.87. The number of rotatable bonds is 4. The Balaban J connectivity index is 1.68. The molecule has 2 amide bonds. The molecular formula is C23H18Cl2N2O4S. The number of para-hydroxylation sites is 1. The van der Waals surface area contributed by atoms with Gasteiger partial charge in [-0.3, -0.25) is 9.59 Å². The molecule has 1 aliphatic heterocycles. The van der Waals surface area contributed by atoms with Gasteiger partial charge in [-0.25, -0.2) is 8.42 Å². The van der Waals surface area contributed by atoms with Gasteiger partial charge in [0, 0.05) is 12.1 Å². The molecule has 1 aliphatic rings. The summed E-state index contributed by atoms with van der Waals surface area (Å²) in [6.07, 6.45) is -0.277. The maximum absolute atomic E-state index is 13.5. The smallest absolute Gasteiger partial charge is 0.244 e. The van der Waals surface area contributed by atoms with Gasteiger partial charge in [-0.05, 0) is 35.9 Å². The molecule has 0 spiro atoms. The SMILES string of the molecule is O=C(CN1C(=O)CC(c2ccccc2)S(=O)(=O)c2ccccc21)Nc1ccc(Cl)c(Cl)c1. The molecule has 0 saturated heterocycles. The highest BCUT2D eigenvalue weighted by molar-refractivity contribution is 7.92. The third-order valence-corrected chi connectivity index (χ3v) is 8.06. The average Bonchev–Trinajstić information content (AvgIpc) is 2.86. The van der Waals surface area contributed by atoms with Gasteiger partial charge in [0.15, 0.2) is 9.84 Å². The number of carbonyl (C=O) groups excluding carboxylic acids is 2. The predicted molar refractivity (Wildman–Crippen MR) is 125 cm³/mol. The number of halogens is 2. The molecule has 6 nitrogen and oxygen atoms in total. The van der Waals surface area contributed by atoms with Gasteiger partial charge >= 0.3 is 0 Å². The standard InChI is InChI=1S/C23H18Cl2N2O4S/c24-17-11-10-16(12-18(17)25)26-22(28)14-27-19-8-4-5-9-20(19)32(30,31)21(13-23(27)29)15-6-2-1-3-7-15/h1-12,21H,13-14H2,(H,26,28). The number of anilines is 2. The number of fused-ring (bicyclic) bond motifs is 1. The van der Waals surface area contributed by atoms with Gasteiger partial charge in [-0.15, -0.1) is 0 Å². The van der Waals surface area contributed by atoms with E-state index in [1.807, 2.05) is 0 Å². The van der Waals surface area contributed by atoms with Crippen LogP contribution >= 0.6 is 23.2 Å². The minimum Gasteiger partial charge on any atom is -0.324 e. The van der Waals surface area contributed by atoms with Crippen LogP contribution < -0.4 is 10.2 Å². The van der Waals surface area contributed by atoms with Crippen molar-refractivity contribution >= 4 is 56.2 Å². The van der Waals surface area contributed by atoms with Crippen LogP contribution in [0.3, 0.4) is 0 Å². The molecule has 1 unspecified atom stereocenters. The fraction of sp³-hybridized carbons (Fsp3) is 0.130. The van der Waals surface area contributed by atoms with Gasteiger partial charge in [0.25, 0.3) is 0 Å². The van der Waals surface area contributed by atoms with Crippen LogP contribution in [0.5, 0.6) is 0 Å². The molecule has 3 aromatic carbocycles. The Morgan fingerprint density at radius 3 is 2.38 bits per heavy atom. The van der Waals surface area contributed by atoms with E-state index < -0.39 is 26.9 Å². The van der Waals surface area contributed by atoms with Gasteiger partial charge in [0.2, 0.25) is 11.8 Å². The number of sulfone groups is 1. The zero-order valence-corrected chi connectivity index (χ0v) is 19.0. The number of carbonyl (C=O) groups is 2. The lowest BCUT2D eigenvalue weighted by molar-refractivity contribution is -0.121. The molecule has 0 aromatic heterocycles. The molecule has 3 aromatic rings. The molecule has 4 rings (SSSR count). The van der Waals surface area contributed by atoms with E-state index in [4.69, 9.17) is 23.2 Å². The van der Waals surface area contributed by atoms with Gasteiger partial charge in [0.1, 0.15) is 6.54 Å². The zero-order chi connectivity index (χ0) is 22.9. The van der Waals surface area contributed by atoms with Gasteiger partial charge < -0.3 is 10.2 Å². The first-order valence-corrected chi connectivity index (χ1v) is 12.0. The van der Waals surface area contributed by atoms with E-state index in [-0.39, 0.29) is 28.6 Å². The monoisotopic (exact) mass is 488 g/mol. The lowest BCUT2D eigenvalue weighted by Gasteiger charge is -2.22. The van der Waals surface area contributed by atoms with Gasteiger partial charge in [-0.1, -0.05) is 65.7 Å². The normalized spacial score (nSPS) is 17.4. The lowest BCUT2D eigenvalue weighted by atomic mass is 10.1. The highest BCUT2D eigenvalue weighted by atomic mass is 35.5. The van der Waals surface area contributed by atoms with Crippen molar-refractivity contribution in [2.45, 2.75) is 16.6 Å². The van der Waals surface area contributed by atoms with E-state index in [0.29, 0.717) is 16.3 Å². The summed E-state index contributed by atoms with van der Waals surface area (Å²) < 4.78 is 26.9. The average molecular weight is 489 g/mol. The Morgan fingerprint density at radius 1 is 0.969 bits per heavy atom. The third-order valence-electron chi connectivity index (χ3n) is 5.17. The first-order valence-electron chi connectivity index (χ1n) is 9.70. The van der Waals surface area contributed by atoms with Crippen molar-refractivity contribution in [3.05, 3.63) is 88.4 Å². The lowest BCUT2D eigenvalue weighted by Crippen LogP contribution is -2.38. The topological polar surface area (TPSA) is 83.6 Å². The van der Waals surface area contributed by atoms with Crippen LogP contribution in [0.1, 0.15) is 17.2 Å². The molecule has 1 N–H and O–H groups in total. The van der Waals surface area contributed by atoms with Crippen LogP contribution in [0.4, 0.5) is 11.4 Å². The summed E-state index contributed by atoms with van der Waals surface area (Å²) in [6, 6.07) is 19.5. The van der Waals surface area contributed by atoms with Gasteiger partial charge in [-0.2, -0.15) is 0 Å². The van der Waals surface area contributed by atoms with Crippen molar-refractivity contribution in [3.63, 3.8) is 0 Å². The summed E-state index contributed by atoms with van der Waals surface area (Å²) in [5.41, 5.74) is 1.12. The number of nitrogens with zero attached hydrogens (tertiary/aromatic N) is 1. The Bertz CT molecular complexity index is 1300. The fourth-order valence-corrected chi connectivity index (χ4v) is 5.86. The maximum Gasteiger partial charge on any atom is 0.244 e. The van der Waals surface area contributed by atoms with E-state index in [2.05, 4.69) is 5.32 Å². The molecule has 9 heteroatoms. The summed E-state index contributed by atoms with van der Waals surface area (Å²) in [5, 5.41) is 2.25. The molecule has 1 heterocycles. The molecular weight excluding hydrogens is 471 g/mol. The molecule has 1 atom stereocenters. The van der Waals surface area contributed by atoms with Crippen molar-refractivity contribution in [2.24, 2.45) is 0 Å². The number of hydrogen-bond acceptors (Lipinski definition) is 4. The van der Waals surface area contributed by atoms with Crippen LogP contribution in [0.15, 0.2) is 77.7 Å². The van der Waals surface area contributed by atoms with Crippen molar-refractivity contribution in [2.75, 3.05) is 16.8 Å². The van der Waals surface area contributed by atoms with Crippen LogP contribution in [-0.4, -0.2) is 26.8 Å². The van der Waals surface area contributed by atoms with E-state index in [0.717, 1.165) is 0 Å². The van der Waals surface area contributed by atoms with Crippen molar-refractivity contribution in [3.8, 4) is 0 Å². The largest absolute Gasteiger partial charge is 0.324 e. The molecule has 32 heavy (non-hydrogen) atoms. The van der Waals surface area contributed by atoms with Crippen molar-refractivity contribution in [1.82, 2.24) is 0 Å². The Kier molecular flexibility index (Phi) is 6.24. The molecule has 0 saturated carbocycles. The highest BCUT2D eigenvalue weighted by Gasteiger charge is 2.39. The molecule has 0 aliphatic carbocycles. The number of amides is 2. The van der Waals surface area contributed by atoms with E-state index in [9.17, 15) is 18.0 Å². The quantitative estimate of drug-likeness (QED) is 0.566.